The van der Waals surface area contributed by atoms with E-state index in [0.29, 0.717) is 23.6 Å². The lowest BCUT2D eigenvalue weighted by Gasteiger charge is -2.36. The molecule has 3 atom stereocenters. The summed E-state index contributed by atoms with van der Waals surface area (Å²) in [5.41, 5.74) is 0.389. The van der Waals surface area contributed by atoms with Crippen molar-refractivity contribution in [1.29, 1.82) is 0 Å². The van der Waals surface area contributed by atoms with Crippen molar-refractivity contribution in [3.63, 3.8) is 0 Å². The van der Waals surface area contributed by atoms with Crippen LogP contribution in [0.15, 0.2) is 24.3 Å². The predicted octanol–water partition coefficient (Wildman–Crippen LogP) is 1.19. The number of hydrogen-bond acceptors (Lipinski definition) is 3. The van der Waals surface area contributed by atoms with Crippen LogP contribution in [0.5, 0.6) is 0 Å². The van der Waals surface area contributed by atoms with Gasteiger partial charge in [0.2, 0.25) is 11.8 Å². The van der Waals surface area contributed by atoms with E-state index in [1.807, 2.05) is 13.8 Å². The van der Waals surface area contributed by atoms with E-state index in [2.05, 4.69) is 10.6 Å². The monoisotopic (exact) mass is 349 g/mol. The summed E-state index contributed by atoms with van der Waals surface area (Å²) in [4.78, 5) is 38.7. The number of nitrogens with zero attached hydrogens (tertiary/aromatic N) is 1. The molecule has 2 heterocycles. The third kappa shape index (κ3) is 2.98. The number of halogens is 1. The lowest BCUT2D eigenvalue weighted by atomic mass is 9.98. The normalized spacial score (nSPS) is 26.3. The standard InChI is InChI=1S/C17H20ClN3O3/c1-9(2)14-17(24)21-8-10(7-13(21)16(23)20-14)19-15(22)11-5-3-4-6-12(11)18/h3-6,9-10,13-14H,7-8H2,1-2H3,(H,19,22)(H,20,23)/t10-,13-,14+/m0/s1. The molecular weight excluding hydrogens is 330 g/mol. The first-order valence-corrected chi connectivity index (χ1v) is 8.42. The highest BCUT2D eigenvalue weighted by atomic mass is 35.5. The molecule has 24 heavy (non-hydrogen) atoms. The number of amides is 3. The van der Waals surface area contributed by atoms with Crippen LogP contribution < -0.4 is 10.6 Å². The molecule has 0 aliphatic carbocycles. The molecule has 0 spiro atoms. The summed E-state index contributed by atoms with van der Waals surface area (Å²) in [7, 11) is 0. The van der Waals surface area contributed by atoms with Crippen LogP contribution in [0.2, 0.25) is 5.02 Å². The zero-order valence-corrected chi connectivity index (χ0v) is 14.3. The molecule has 1 aromatic rings. The second-order valence-corrected chi connectivity index (χ2v) is 7.03. The first kappa shape index (κ1) is 16.8. The van der Waals surface area contributed by atoms with Gasteiger partial charge in [-0.05, 0) is 24.5 Å². The molecule has 3 amide bonds. The van der Waals surface area contributed by atoms with Crippen molar-refractivity contribution >= 4 is 29.3 Å². The third-order valence-corrected chi connectivity index (χ3v) is 4.90. The molecule has 3 rings (SSSR count). The van der Waals surface area contributed by atoms with Crippen molar-refractivity contribution < 1.29 is 14.4 Å². The van der Waals surface area contributed by atoms with Gasteiger partial charge in [-0.1, -0.05) is 37.6 Å². The molecule has 0 radical (unpaired) electrons. The van der Waals surface area contributed by atoms with Crippen LogP contribution in [-0.4, -0.2) is 47.3 Å². The number of carbonyl (C=O) groups is 3. The summed E-state index contributed by atoms with van der Waals surface area (Å²) in [5, 5.41) is 6.04. The van der Waals surface area contributed by atoms with Crippen LogP contribution in [0, 0.1) is 5.92 Å². The lowest BCUT2D eigenvalue weighted by molar-refractivity contribution is -0.148. The Morgan fingerprint density at radius 3 is 2.71 bits per heavy atom. The maximum Gasteiger partial charge on any atom is 0.253 e. The number of piperazine rings is 1. The van der Waals surface area contributed by atoms with Crippen molar-refractivity contribution in [2.45, 2.75) is 38.4 Å². The summed E-state index contributed by atoms with van der Waals surface area (Å²) >= 11 is 6.04. The molecule has 6 nitrogen and oxygen atoms in total. The number of benzene rings is 1. The maximum absolute atomic E-state index is 12.5. The molecule has 2 fully saturated rings. The molecule has 2 aliphatic heterocycles. The quantitative estimate of drug-likeness (QED) is 0.860. The van der Waals surface area contributed by atoms with Crippen LogP contribution in [-0.2, 0) is 9.59 Å². The lowest BCUT2D eigenvalue weighted by Crippen LogP contribution is -2.62. The Labute approximate surface area is 145 Å². The zero-order chi connectivity index (χ0) is 17.4. The Balaban J connectivity index is 1.71. The Hall–Kier alpha value is -2.08. The van der Waals surface area contributed by atoms with E-state index in [0.717, 1.165) is 0 Å². The van der Waals surface area contributed by atoms with Gasteiger partial charge >= 0.3 is 0 Å². The van der Waals surface area contributed by atoms with Crippen molar-refractivity contribution in [2.75, 3.05) is 6.54 Å². The molecule has 0 saturated carbocycles. The minimum absolute atomic E-state index is 0.0270. The minimum atomic E-state index is -0.510. The molecule has 2 saturated heterocycles. The van der Waals surface area contributed by atoms with Crippen LogP contribution in [0.4, 0.5) is 0 Å². The maximum atomic E-state index is 12.5. The highest BCUT2D eigenvalue weighted by Crippen LogP contribution is 2.25. The van der Waals surface area contributed by atoms with Gasteiger partial charge in [0.1, 0.15) is 12.1 Å². The van der Waals surface area contributed by atoms with Crippen LogP contribution in [0.25, 0.3) is 0 Å². The van der Waals surface area contributed by atoms with Gasteiger partial charge in [0.15, 0.2) is 0 Å². The van der Waals surface area contributed by atoms with Crippen LogP contribution >= 0.6 is 11.6 Å². The van der Waals surface area contributed by atoms with Gasteiger partial charge in [0, 0.05) is 12.6 Å². The highest BCUT2D eigenvalue weighted by Gasteiger charge is 2.47. The molecule has 0 unspecified atom stereocenters. The van der Waals surface area contributed by atoms with Crippen molar-refractivity contribution in [1.82, 2.24) is 15.5 Å². The molecule has 1 aromatic carbocycles. The summed E-state index contributed by atoms with van der Waals surface area (Å²) in [6, 6.07) is 5.52. The highest BCUT2D eigenvalue weighted by molar-refractivity contribution is 6.33. The molecule has 7 heteroatoms. The van der Waals surface area contributed by atoms with Gasteiger partial charge in [-0.25, -0.2) is 0 Å². The predicted molar refractivity (Wildman–Crippen MR) is 89.6 cm³/mol. The molecule has 0 aromatic heterocycles. The Morgan fingerprint density at radius 1 is 1.33 bits per heavy atom. The molecule has 2 aliphatic rings. The molecule has 128 valence electrons. The zero-order valence-electron chi connectivity index (χ0n) is 13.6. The SMILES string of the molecule is CC(C)[C@H]1NC(=O)[C@@H]2C[C@H](NC(=O)c3ccccc3Cl)CN2C1=O. The van der Waals surface area contributed by atoms with E-state index in [1.54, 1.807) is 29.2 Å². The average molecular weight is 350 g/mol. The van der Waals surface area contributed by atoms with Crippen LogP contribution in [0.1, 0.15) is 30.6 Å². The Kier molecular flexibility index (Phi) is 4.49. The number of hydrogen-bond donors (Lipinski definition) is 2. The van der Waals surface area contributed by atoms with E-state index >= 15 is 0 Å². The molecule has 0 bridgehead atoms. The summed E-state index contributed by atoms with van der Waals surface area (Å²) in [6.45, 7) is 4.14. The summed E-state index contributed by atoms with van der Waals surface area (Å²) in [6.07, 6.45) is 0.415. The smallest absolute Gasteiger partial charge is 0.253 e. The van der Waals surface area contributed by atoms with Gasteiger partial charge in [-0.3, -0.25) is 14.4 Å². The third-order valence-electron chi connectivity index (χ3n) is 4.57. The fourth-order valence-electron chi connectivity index (χ4n) is 3.28. The minimum Gasteiger partial charge on any atom is -0.347 e. The van der Waals surface area contributed by atoms with Gasteiger partial charge in [0.05, 0.1) is 10.6 Å². The number of carbonyl (C=O) groups excluding carboxylic acids is 3. The van der Waals surface area contributed by atoms with E-state index < -0.39 is 12.1 Å². The fraction of sp³-hybridized carbons (Fsp3) is 0.471. The first-order valence-electron chi connectivity index (χ1n) is 8.04. The van der Waals surface area contributed by atoms with Crippen molar-refractivity contribution in [3.8, 4) is 0 Å². The van der Waals surface area contributed by atoms with Crippen molar-refractivity contribution in [2.24, 2.45) is 5.92 Å². The van der Waals surface area contributed by atoms with Crippen LogP contribution in [0.3, 0.4) is 0 Å². The second-order valence-electron chi connectivity index (χ2n) is 6.62. The second kappa shape index (κ2) is 6.43. The summed E-state index contributed by atoms with van der Waals surface area (Å²) < 4.78 is 0. The molecular formula is C17H20ClN3O3. The summed E-state index contributed by atoms with van der Waals surface area (Å²) in [5.74, 6) is -0.496. The van der Waals surface area contributed by atoms with E-state index in [-0.39, 0.29) is 29.7 Å². The number of fused-ring (bicyclic) bond motifs is 1. The fourth-order valence-corrected chi connectivity index (χ4v) is 3.50. The van der Waals surface area contributed by atoms with Gasteiger partial charge in [-0.2, -0.15) is 0 Å². The van der Waals surface area contributed by atoms with Gasteiger partial charge < -0.3 is 15.5 Å². The van der Waals surface area contributed by atoms with E-state index in [4.69, 9.17) is 11.6 Å². The Bertz CT molecular complexity index is 691. The van der Waals surface area contributed by atoms with Gasteiger partial charge in [-0.15, -0.1) is 0 Å². The largest absolute Gasteiger partial charge is 0.347 e. The number of rotatable bonds is 3. The molecule has 2 N–H and O–H groups in total. The van der Waals surface area contributed by atoms with E-state index in [1.165, 1.54) is 0 Å². The first-order chi connectivity index (χ1) is 11.4. The number of nitrogens with one attached hydrogen (secondary N) is 2. The van der Waals surface area contributed by atoms with Crippen molar-refractivity contribution in [3.05, 3.63) is 34.9 Å². The average Bonchev–Trinajstić information content (AvgIpc) is 2.95. The Morgan fingerprint density at radius 2 is 2.04 bits per heavy atom. The topological polar surface area (TPSA) is 78.5 Å². The van der Waals surface area contributed by atoms with E-state index in [9.17, 15) is 14.4 Å². The van der Waals surface area contributed by atoms with Gasteiger partial charge in [0.25, 0.3) is 5.91 Å².